The summed E-state index contributed by atoms with van der Waals surface area (Å²) >= 11 is 0. The van der Waals surface area contributed by atoms with Gasteiger partial charge in [-0.15, -0.1) is 0 Å². The van der Waals surface area contributed by atoms with Crippen molar-refractivity contribution in [3.63, 3.8) is 0 Å². The molecule has 1 unspecified atom stereocenters. The first-order valence-corrected chi connectivity index (χ1v) is 7.41. The van der Waals surface area contributed by atoms with Crippen molar-refractivity contribution in [2.24, 2.45) is 10.9 Å². The molecule has 1 aromatic rings. The van der Waals surface area contributed by atoms with E-state index in [1.54, 1.807) is 12.4 Å². The lowest BCUT2D eigenvalue weighted by Crippen LogP contribution is -2.62. The molecule has 8 heteroatoms. The molecule has 8 nitrogen and oxygen atoms in total. The number of amides is 1. The van der Waals surface area contributed by atoms with Gasteiger partial charge in [0.25, 0.3) is 0 Å². The fraction of sp³-hybridized carbons (Fsp3) is 0.533. The lowest BCUT2D eigenvalue weighted by Gasteiger charge is -2.44. The zero-order chi connectivity index (χ0) is 17.0. The fourth-order valence-electron chi connectivity index (χ4n) is 2.46. The summed E-state index contributed by atoms with van der Waals surface area (Å²) in [5, 5.41) is 14.9. The van der Waals surface area contributed by atoms with Crippen molar-refractivity contribution in [1.29, 1.82) is 0 Å². The monoisotopic (exact) mass is 321 g/mol. The normalized spacial score (nSPS) is 18.1. The molecular formula is C15H23N5O3. The van der Waals surface area contributed by atoms with Gasteiger partial charge in [-0.3, -0.25) is 9.88 Å². The van der Waals surface area contributed by atoms with Crippen LogP contribution in [0.2, 0.25) is 0 Å². The second kappa shape index (κ2) is 6.82. The van der Waals surface area contributed by atoms with Crippen molar-refractivity contribution in [2.45, 2.75) is 38.5 Å². The average Bonchev–Trinajstić information content (AvgIpc) is 2.43. The van der Waals surface area contributed by atoms with E-state index in [2.05, 4.69) is 15.5 Å². The third-order valence-electron chi connectivity index (χ3n) is 3.41. The standard InChI is InChI=1S/C15H23N5O3/c1-15(2,3)23-14(21)18-11-8-20(9-11)12(13(16)19-22)10-4-6-17-7-5-10/h4-7,11-12,22H,8-9H2,1-3H3,(H2,16,19)(H,18,21). The Hall–Kier alpha value is -2.35. The number of carbonyl (C=O) groups is 1. The first-order chi connectivity index (χ1) is 10.8. The van der Waals surface area contributed by atoms with E-state index in [4.69, 9.17) is 15.7 Å². The third-order valence-corrected chi connectivity index (χ3v) is 3.41. The van der Waals surface area contributed by atoms with E-state index in [1.807, 2.05) is 37.8 Å². The summed E-state index contributed by atoms with van der Waals surface area (Å²) in [6.45, 7) is 6.62. The number of hydrogen-bond acceptors (Lipinski definition) is 6. The van der Waals surface area contributed by atoms with Gasteiger partial charge >= 0.3 is 6.09 Å². The van der Waals surface area contributed by atoms with Crippen molar-refractivity contribution in [3.05, 3.63) is 30.1 Å². The number of pyridine rings is 1. The SMILES string of the molecule is CC(C)(C)OC(=O)NC1CN(C(/C(N)=N/O)c2ccncc2)C1. The molecule has 2 heterocycles. The second-order valence-electron chi connectivity index (χ2n) is 6.51. The van der Waals surface area contributed by atoms with E-state index in [0.717, 1.165) is 5.56 Å². The number of amidine groups is 1. The predicted molar refractivity (Wildman–Crippen MR) is 85.1 cm³/mol. The Balaban J connectivity index is 1.94. The van der Waals surface area contributed by atoms with Crippen molar-refractivity contribution >= 4 is 11.9 Å². The number of ether oxygens (including phenoxy) is 1. The minimum absolute atomic E-state index is 0.0271. The highest BCUT2D eigenvalue weighted by Crippen LogP contribution is 2.26. The molecule has 0 radical (unpaired) electrons. The number of alkyl carbamates (subject to hydrolysis) is 1. The van der Waals surface area contributed by atoms with E-state index >= 15 is 0 Å². The zero-order valence-corrected chi connectivity index (χ0v) is 13.6. The Bertz CT molecular complexity index is 564. The van der Waals surface area contributed by atoms with Gasteiger partial charge in [-0.05, 0) is 38.5 Å². The minimum Gasteiger partial charge on any atom is -0.444 e. The maximum absolute atomic E-state index is 11.7. The van der Waals surface area contributed by atoms with Gasteiger partial charge in [0.15, 0.2) is 5.84 Å². The van der Waals surface area contributed by atoms with Crippen LogP contribution < -0.4 is 11.1 Å². The molecular weight excluding hydrogens is 298 g/mol. The van der Waals surface area contributed by atoms with Crippen molar-refractivity contribution < 1.29 is 14.7 Å². The summed E-state index contributed by atoms with van der Waals surface area (Å²) < 4.78 is 5.23. The highest BCUT2D eigenvalue weighted by Gasteiger charge is 2.36. The van der Waals surface area contributed by atoms with Crippen molar-refractivity contribution in [3.8, 4) is 0 Å². The molecule has 1 aliphatic rings. The van der Waals surface area contributed by atoms with Crippen LogP contribution in [-0.2, 0) is 4.74 Å². The highest BCUT2D eigenvalue weighted by molar-refractivity contribution is 5.86. The number of nitrogens with zero attached hydrogens (tertiary/aromatic N) is 3. The first-order valence-electron chi connectivity index (χ1n) is 7.41. The highest BCUT2D eigenvalue weighted by atomic mass is 16.6. The first kappa shape index (κ1) is 17.0. The molecule has 1 aliphatic heterocycles. The van der Waals surface area contributed by atoms with Gasteiger partial charge < -0.3 is 21.0 Å². The fourth-order valence-corrected chi connectivity index (χ4v) is 2.46. The van der Waals surface area contributed by atoms with E-state index in [0.29, 0.717) is 13.1 Å². The molecule has 1 fully saturated rings. The van der Waals surface area contributed by atoms with Crippen LogP contribution in [0.25, 0.3) is 0 Å². The van der Waals surface area contributed by atoms with Crippen molar-refractivity contribution in [2.75, 3.05) is 13.1 Å². The summed E-state index contributed by atoms with van der Waals surface area (Å²) in [6.07, 6.45) is 2.87. The lowest BCUT2D eigenvalue weighted by molar-refractivity contribution is 0.0372. The molecule has 0 aromatic carbocycles. The zero-order valence-electron chi connectivity index (χ0n) is 13.6. The van der Waals surface area contributed by atoms with Gasteiger partial charge in [-0.2, -0.15) is 0 Å². The molecule has 23 heavy (non-hydrogen) atoms. The molecule has 0 aliphatic carbocycles. The quantitative estimate of drug-likeness (QED) is 0.331. The van der Waals surface area contributed by atoms with Crippen LogP contribution in [0.5, 0.6) is 0 Å². The van der Waals surface area contributed by atoms with Gasteiger partial charge in [0, 0.05) is 25.5 Å². The Morgan fingerprint density at radius 3 is 2.61 bits per heavy atom. The summed E-state index contributed by atoms with van der Waals surface area (Å²) in [5.74, 6) is 0.104. The number of rotatable bonds is 4. The van der Waals surface area contributed by atoms with E-state index in [1.165, 1.54) is 0 Å². The summed E-state index contributed by atoms with van der Waals surface area (Å²) in [7, 11) is 0. The van der Waals surface area contributed by atoms with Gasteiger partial charge in [0.05, 0.1) is 12.1 Å². The van der Waals surface area contributed by atoms with Gasteiger partial charge in [0.1, 0.15) is 5.60 Å². The van der Waals surface area contributed by atoms with Crippen LogP contribution in [-0.4, -0.2) is 51.8 Å². The maximum Gasteiger partial charge on any atom is 0.407 e. The molecule has 126 valence electrons. The Morgan fingerprint density at radius 2 is 2.09 bits per heavy atom. The van der Waals surface area contributed by atoms with Crippen molar-refractivity contribution in [1.82, 2.24) is 15.2 Å². The number of hydrogen-bond donors (Lipinski definition) is 3. The Labute approximate surface area is 135 Å². The maximum atomic E-state index is 11.7. The van der Waals surface area contributed by atoms with Crippen LogP contribution in [0, 0.1) is 0 Å². The van der Waals surface area contributed by atoms with Gasteiger partial charge in [-0.1, -0.05) is 5.16 Å². The molecule has 1 saturated heterocycles. The van der Waals surface area contributed by atoms with Gasteiger partial charge in [-0.25, -0.2) is 4.79 Å². The lowest BCUT2D eigenvalue weighted by atomic mass is 9.99. The molecule has 1 amide bonds. The number of likely N-dealkylation sites (tertiary alicyclic amines) is 1. The predicted octanol–water partition coefficient (Wildman–Crippen LogP) is 1.08. The summed E-state index contributed by atoms with van der Waals surface area (Å²) in [5.41, 5.74) is 6.17. The Morgan fingerprint density at radius 1 is 1.48 bits per heavy atom. The second-order valence-corrected chi connectivity index (χ2v) is 6.51. The van der Waals surface area contributed by atoms with E-state index < -0.39 is 11.7 Å². The molecule has 1 aromatic heterocycles. The number of carbonyl (C=O) groups excluding carboxylic acids is 1. The van der Waals surface area contributed by atoms with E-state index in [-0.39, 0.29) is 17.9 Å². The number of oxime groups is 1. The smallest absolute Gasteiger partial charge is 0.407 e. The van der Waals surface area contributed by atoms with Gasteiger partial charge in [0.2, 0.25) is 0 Å². The van der Waals surface area contributed by atoms with Crippen LogP contribution in [0.4, 0.5) is 4.79 Å². The molecule has 0 bridgehead atoms. The largest absolute Gasteiger partial charge is 0.444 e. The summed E-state index contributed by atoms with van der Waals surface area (Å²) in [4.78, 5) is 17.7. The molecule has 1 atom stereocenters. The number of nitrogens with one attached hydrogen (secondary N) is 1. The van der Waals surface area contributed by atoms with Crippen LogP contribution in [0.1, 0.15) is 32.4 Å². The van der Waals surface area contributed by atoms with E-state index in [9.17, 15) is 4.79 Å². The molecule has 0 spiro atoms. The third kappa shape index (κ3) is 4.56. The van der Waals surface area contributed by atoms with Crippen LogP contribution in [0.15, 0.2) is 29.7 Å². The number of aromatic nitrogens is 1. The molecule has 4 N–H and O–H groups in total. The average molecular weight is 321 g/mol. The van der Waals surface area contributed by atoms with Crippen LogP contribution >= 0.6 is 0 Å². The Kier molecular flexibility index (Phi) is 5.05. The number of nitrogens with two attached hydrogens (primary N) is 1. The van der Waals surface area contributed by atoms with Crippen LogP contribution in [0.3, 0.4) is 0 Å². The topological polar surface area (TPSA) is 113 Å². The minimum atomic E-state index is -0.527. The summed E-state index contributed by atoms with van der Waals surface area (Å²) in [6, 6.07) is 3.26. The molecule has 2 rings (SSSR count). The molecule has 0 saturated carbocycles.